The Labute approximate surface area is 175 Å². The monoisotopic (exact) mass is 405 g/mol. The van der Waals surface area contributed by atoms with Gasteiger partial charge in [0.1, 0.15) is 0 Å². The van der Waals surface area contributed by atoms with Crippen LogP contribution in [0.2, 0.25) is 0 Å². The number of carbonyl (C=O) groups is 1. The van der Waals surface area contributed by atoms with Crippen molar-refractivity contribution in [3.8, 4) is 0 Å². The SMILES string of the molecule is O=C(C=Cc1ccc2c(c1)CC(N(CCO)CCc1c[nH]c3ccccc13)C2)NO. The van der Waals surface area contributed by atoms with E-state index in [1.165, 1.54) is 28.2 Å². The molecule has 0 aliphatic heterocycles. The summed E-state index contributed by atoms with van der Waals surface area (Å²) in [5.41, 5.74) is 7.60. The molecule has 0 bridgehead atoms. The third kappa shape index (κ3) is 4.46. The number of aliphatic hydroxyl groups is 1. The first-order chi connectivity index (χ1) is 14.7. The average Bonchev–Trinajstić information content (AvgIpc) is 3.38. The number of H-pyrrole nitrogens is 1. The van der Waals surface area contributed by atoms with Crippen molar-refractivity contribution in [3.05, 3.63) is 77.0 Å². The Morgan fingerprint density at radius 2 is 2.00 bits per heavy atom. The maximum Gasteiger partial charge on any atom is 0.267 e. The lowest BCUT2D eigenvalue weighted by Gasteiger charge is -2.28. The van der Waals surface area contributed by atoms with Gasteiger partial charge in [0.05, 0.1) is 6.61 Å². The van der Waals surface area contributed by atoms with Crippen LogP contribution in [0.15, 0.2) is 54.7 Å². The van der Waals surface area contributed by atoms with Gasteiger partial charge in [0, 0.05) is 42.3 Å². The maximum absolute atomic E-state index is 11.2. The van der Waals surface area contributed by atoms with Gasteiger partial charge in [0.25, 0.3) is 5.91 Å². The summed E-state index contributed by atoms with van der Waals surface area (Å²) in [6.45, 7) is 1.69. The van der Waals surface area contributed by atoms with Crippen LogP contribution in [0.3, 0.4) is 0 Å². The zero-order valence-electron chi connectivity index (χ0n) is 16.8. The highest BCUT2D eigenvalue weighted by Crippen LogP contribution is 2.28. The molecule has 4 rings (SSSR count). The summed E-state index contributed by atoms with van der Waals surface area (Å²) in [6.07, 6.45) is 7.92. The highest BCUT2D eigenvalue weighted by Gasteiger charge is 2.26. The van der Waals surface area contributed by atoms with Crippen molar-refractivity contribution in [2.75, 3.05) is 19.7 Å². The van der Waals surface area contributed by atoms with E-state index >= 15 is 0 Å². The molecule has 1 amide bonds. The molecule has 1 aliphatic carbocycles. The summed E-state index contributed by atoms with van der Waals surface area (Å²) in [5, 5.41) is 19.5. The van der Waals surface area contributed by atoms with Crippen molar-refractivity contribution >= 4 is 22.9 Å². The van der Waals surface area contributed by atoms with Gasteiger partial charge in [0.15, 0.2) is 0 Å². The van der Waals surface area contributed by atoms with Gasteiger partial charge in [-0.2, -0.15) is 0 Å². The number of hydrogen-bond acceptors (Lipinski definition) is 4. The molecule has 1 atom stereocenters. The highest BCUT2D eigenvalue weighted by atomic mass is 16.5. The second-order valence-corrected chi connectivity index (χ2v) is 7.77. The molecule has 4 N–H and O–H groups in total. The van der Waals surface area contributed by atoms with E-state index in [1.807, 2.05) is 12.1 Å². The third-order valence-electron chi connectivity index (χ3n) is 5.93. The van der Waals surface area contributed by atoms with Gasteiger partial charge in [-0.25, -0.2) is 5.48 Å². The van der Waals surface area contributed by atoms with Crippen LogP contribution in [0, 0.1) is 0 Å². The van der Waals surface area contributed by atoms with Gasteiger partial charge in [0.2, 0.25) is 0 Å². The minimum Gasteiger partial charge on any atom is -0.395 e. The summed E-state index contributed by atoms with van der Waals surface area (Å²) in [4.78, 5) is 16.9. The van der Waals surface area contributed by atoms with Gasteiger partial charge in [-0.15, -0.1) is 0 Å². The number of hydroxylamine groups is 1. The zero-order chi connectivity index (χ0) is 20.9. The quantitative estimate of drug-likeness (QED) is 0.264. The van der Waals surface area contributed by atoms with Crippen molar-refractivity contribution in [1.29, 1.82) is 0 Å². The van der Waals surface area contributed by atoms with Crippen molar-refractivity contribution < 1.29 is 15.1 Å². The molecule has 1 aliphatic rings. The molecule has 0 radical (unpaired) electrons. The van der Waals surface area contributed by atoms with Crippen molar-refractivity contribution in [2.45, 2.75) is 25.3 Å². The Morgan fingerprint density at radius 1 is 1.17 bits per heavy atom. The molecule has 0 fully saturated rings. The minimum absolute atomic E-state index is 0.144. The number of aromatic amines is 1. The predicted molar refractivity (Wildman–Crippen MR) is 117 cm³/mol. The molecule has 156 valence electrons. The number of benzene rings is 2. The number of aliphatic hydroxyl groups excluding tert-OH is 1. The number of rotatable bonds is 8. The van der Waals surface area contributed by atoms with Gasteiger partial charge in [-0.1, -0.05) is 36.4 Å². The first-order valence-electron chi connectivity index (χ1n) is 10.3. The van der Waals surface area contributed by atoms with Crippen molar-refractivity contribution in [3.63, 3.8) is 0 Å². The lowest BCUT2D eigenvalue weighted by atomic mass is 10.1. The lowest BCUT2D eigenvalue weighted by molar-refractivity contribution is -0.124. The molecule has 0 saturated heterocycles. The van der Waals surface area contributed by atoms with Crippen LogP contribution >= 0.6 is 0 Å². The molecule has 6 heteroatoms. The fraction of sp³-hybridized carbons (Fsp3) is 0.292. The van der Waals surface area contributed by atoms with E-state index in [-0.39, 0.29) is 6.61 Å². The first kappa shape index (κ1) is 20.3. The highest BCUT2D eigenvalue weighted by molar-refractivity contribution is 5.90. The minimum atomic E-state index is -0.542. The molecule has 1 heterocycles. The van der Waals surface area contributed by atoms with E-state index in [2.05, 4.69) is 46.4 Å². The number of nitrogens with one attached hydrogen (secondary N) is 2. The summed E-state index contributed by atoms with van der Waals surface area (Å²) in [5.74, 6) is -0.542. The van der Waals surface area contributed by atoms with E-state index in [1.54, 1.807) is 11.6 Å². The lowest BCUT2D eigenvalue weighted by Crippen LogP contribution is -2.39. The van der Waals surface area contributed by atoms with Crippen LogP contribution in [0.1, 0.15) is 22.3 Å². The maximum atomic E-state index is 11.2. The summed E-state index contributed by atoms with van der Waals surface area (Å²) >= 11 is 0. The zero-order valence-corrected chi connectivity index (χ0v) is 16.8. The van der Waals surface area contributed by atoms with E-state index in [4.69, 9.17) is 5.21 Å². The fourth-order valence-corrected chi connectivity index (χ4v) is 4.39. The average molecular weight is 405 g/mol. The molecule has 6 nitrogen and oxygen atoms in total. The number of amides is 1. The molecular formula is C24H27N3O3. The number of nitrogens with zero attached hydrogens (tertiary/aromatic N) is 1. The third-order valence-corrected chi connectivity index (χ3v) is 5.93. The first-order valence-corrected chi connectivity index (χ1v) is 10.3. The predicted octanol–water partition coefficient (Wildman–Crippen LogP) is 2.69. The van der Waals surface area contributed by atoms with Crippen LogP contribution in [0.5, 0.6) is 0 Å². The van der Waals surface area contributed by atoms with Crippen LogP contribution in [0.25, 0.3) is 17.0 Å². The Bertz CT molecular complexity index is 1060. The molecule has 3 aromatic rings. The van der Waals surface area contributed by atoms with E-state index in [9.17, 15) is 9.90 Å². The molecule has 30 heavy (non-hydrogen) atoms. The number of hydrogen-bond donors (Lipinski definition) is 4. The molecule has 0 spiro atoms. The van der Waals surface area contributed by atoms with Crippen LogP contribution in [-0.2, 0) is 24.1 Å². The summed E-state index contributed by atoms with van der Waals surface area (Å²) < 4.78 is 0. The summed E-state index contributed by atoms with van der Waals surface area (Å²) in [6, 6.07) is 14.9. The van der Waals surface area contributed by atoms with Crippen LogP contribution in [0.4, 0.5) is 0 Å². The smallest absolute Gasteiger partial charge is 0.267 e. The standard InChI is InChI=1S/C24H27N3O3/c28-12-11-27(10-9-19-16-25-23-4-2-1-3-22(19)23)21-14-18-7-5-17(13-20(18)15-21)6-8-24(29)26-30/h1-8,13,16,21,25,28,30H,9-12,14-15H2,(H,26,29). The van der Waals surface area contributed by atoms with Crippen LogP contribution < -0.4 is 5.48 Å². The van der Waals surface area contributed by atoms with E-state index < -0.39 is 5.91 Å². The molecule has 0 saturated carbocycles. The number of para-hydroxylation sites is 1. The van der Waals surface area contributed by atoms with Crippen molar-refractivity contribution in [2.24, 2.45) is 0 Å². The molecule has 1 unspecified atom stereocenters. The Morgan fingerprint density at radius 3 is 2.83 bits per heavy atom. The topological polar surface area (TPSA) is 88.6 Å². The number of carbonyl (C=O) groups excluding carboxylic acids is 1. The molecule has 1 aromatic heterocycles. The Kier molecular flexibility index (Phi) is 6.28. The van der Waals surface area contributed by atoms with Crippen molar-refractivity contribution in [1.82, 2.24) is 15.4 Å². The Balaban J connectivity index is 1.44. The van der Waals surface area contributed by atoms with Crippen LogP contribution in [-0.4, -0.2) is 51.8 Å². The number of aromatic nitrogens is 1. The van der Waals surface area contributed by atoms with Gasteiger partial charge >= 0.3 is 0 Å². The van der Waals surface area contributed by atoms with E-state index in [0.717, 1.165) is 36.9 Å². The normalized spacial score (nSPS) is 15.9. The second-order valence-electron chi connectivity index (χ2n) is 7.77. The number of fused-ring (bicyclic) bond motifs is 2. The largest absolute Gasteiger partial charge is 0.395 e. The van der Waals surface area contributed by atoms with E-state index in [0.29, 0.717) is 12.6 Å². The van der Waals surface area contributed by atoms with Gasteiger partial charge < -0.3 is 10.1 Å². The van der Waals surface area contributed by atoms with Gasteiger partial charge in [-0.3, -0.25) is 14.9 Å². The second kappa shape index (κ2) is 9.26. The Hall–Kier alpha value is -2.93. The molecule has 2 aromatic carbocycles. The van der Waals surface area contributed by atoms with Gasteiger partial charge in [-0.05, 0) is 53.7 Å². The summed E-state index contributed by atoms with van der Waals surface area (Å²) in [7, 11) is 0. The molecular weight excluding hydrogens is 378 g/mol. The fourth-order valence-electron chi connectivity index (χ4n) is 4.39.